The van der Waals surface area contributed by atoms with Gasteiger partial charge in [-0.1, -0.05) is 13.8 Å². The third-order valence-electron chi connectivity index (χ3n) is 2.92. The first-order chi connectivity index (χ1) is 8.08. The number of aliphatic hydroxyl groups is 1. The predicted octanol–water partition coefficient (Wildman–Crippen LogP) is 0.525. The lowest BCUT2D eigenvalue weighted by Crippen LogP contribution is -2.42. The molecule has 6 nitrogen and oxygen atoms in total. The first-order valence-corrected chi connectivity index (χ1v) is 5.97. The number of aliphatic hydroxyl groups excluding tert-OH is 1. The van der Waals surface area contributed by atoms with Crippen LogP contribution in [0.15, 0.2) is 0 Å². The van der Waals surface area contributed by atoms with Crippen molar-refractivity contribution in [3.05, 3.63) is 11.6 Å². The monoisotopic (exact) mass is 238 g/mol. The molecule has 1 aromatic rings. The lowest BCUT2D eigenvalue weighted by Gasteiger charge is -2.29. The Morgan fingerprint density at radius 2 is 2.35 bits per heavy atom. The van der Waals surface area contributed by atoms with E-state index >= 15 is 0 Å². The van der Waals surface area contributed by atoms with Crippen LogP contribution in [0.25, 0.3) is 0 Å². The smallest absolute Gasteiger partial charge is 0.293 e. The van der Waals surface area contributed by atoms with Crippen LogP contribution in [0.3, 0.4) is 0 Å². The van der Waals surface area contributed by atoms with E-state index in [4.69, 9.17) is 0 Å². The molecule has 2 rings (SSSR count). The van der Waals surface area contributed by atoms with Crippen molar-refractivity contribution in [2.75, 3.05) is 13.1 Å². The molecule has 94 valence electrons. The number of likely N-dealkylation sites (tertiary alicyclic amines) is 1. The van der Waals surface area contributed by atoms with Crippen molar-refractivity contribution in [2.24, 2.45) is 0 Å². The van der Waals surface area contributed by atoms with Gasteiger partial charge in [0.15, 0.2) is 0 Å². The van der Waals surface area contributed by atoms with Crippen LogP contribution in [0, 0.1) is 0 Å². The largest absolute Gasteiger partial charge is 0.391 e. The molecule has 17 heavy (non-hydrogen) atoms. The number of H-pyrrole nitrogens is 1. The highest BCUT2D eigenvalue weighted by Crippen LogP contribution is 2.13. The molecule has 1 aromatic heterocycles. The molecule has 2 heterocycles. The number of amides is 1. The molecule has 6 heteroatoms. The summed E-state index contributed by atoms with van der Waals surface area (Å²) in [5.41, 5.74) is 0. The van der Waals surface area contributed by atoms with Gasteiger partial charge >= 0.3 is 0 Å². The van der Waals surface area contributed by atoms with Gasteiger partial charge in [-0.25, -0.2) is 4.98 Å². The third-order valence-corrected chi connectivity index (χ3v) is 2.92. The minimum Gasteiger partial charge on any atom is -0.391 e. The van der Waals surface area contributed by atoms with Crippen LogP contribution in [0.1, 0.15) is 49.1 Å². The molecule has 1 saturated heterocycles. The second kappa shape index (κ2) is 4.83. The molecule has 2 N–H and O–H groups in total. The van der Waals surface area contributed by atoms with Crippen LogP contribution in [-0.2, 0) is 0 Å². The van der Waals surface area contributed by atoms with Crippen LogP contribution in [-0.4, -0.2) is 50.3 Å². The normalized spacial score (nSPS) is 20.9. The number of hydrogen-bond donors (Lipinski definition) is 2. The molecule has 0 bridgehead atoms. The Morgan fingerprint density at radius 1 is 1.59 bits per heavy atom. The quantitative estimate of drug-likeness (QED) is 0.787. The number of β-amino-alcohol motifs (C(OH)–C–C–N with tert-alkyl or cyclic N) is 1. The van der Waals surface area contributed by atoms with Crippen molar-refractivity contribution in [3.63, 3.8) is 0 Å². The van der Waals surface area contributed by atoms with E-state index in [0.29, 0.717) is 18.9 Å². The van der Waals surface area contributed by atoms with E-state index in [1.54, 1.807) is 4.90 Å². The number of hydrogen-bond acceptors (Lipinski definition) is 4. The van der Waals surface area contributed by atoms with Crippen LogP contribution < -0.4 is 0 Å². The van der Waals surface area contributed by atoms with Gasteiger partial charge in [0.2, 0.25) is 5.82 Å². The summed E-state index contributed by atoms with van der Waals surface area (Å²) in [7, 11) is 0. The van der Waals surface area contributed by atoms with Crippen molar-refractivity contribution >= 4 is 5.91 Å². The Kier molecular flexibility index (Phi) is 3.42. The number of aromatic nitrogens is 3. The van der Waals surface area contributed by atoms with Gasteiger partial charge in [-0.2, -0.15) is 0 Å². The van der Waals surface area contributed by atoms with Crippen molar-refractivity contribution in [1.29, 1.82) is 0 Å². The average molecular weight is 238 g/mol. The van der Waals surface area contributed by atoms with Crippen LogP contribution in [0.4, 0.5) is 0 Å². The summed E-state index contributed by atoms with van der Waals surface area (Å²) in [4.78, 5) is 17.8. The summed E-state index contributed by atoms with van der Waals surface area (Å²) in [6, 6.07) is 0. The number of aromatic amines is 1. The zero-order valence-corrected chi connectivity index (χ0v) is 10.2. The van der Waals surface area contributed by atoms with Gasteiger partial charge in [0.1, 0.15) is 5.82 Å². The second-order valence-corrected chi connectivity index (χ2v) is 4.75. The van der Waals surface area contributed by atoms with Crippen molar-refractivity contribution in [1.82, 2.24) is 20.1 Å². The summed E-state index contributed by atoms with van der Waals surface area (Å²) >= 11 is 0. The summed E-state index contributed by atoms with van der Waals surface area (Å²) in [6.45, 7) is 5.02. The lowest BCUT2D eigenvalue weighted by atomic mass is 10.1. The number of carbonyl (C=O) groups is 1. The summed E-state index contributed by atoms with van der Waals surface area (Å²) < 4.78 is 0. The fraction of sp³-hybridized carbons (Fsp3) is 0.727. The highest BCUT2D eigenvalue weighted by molar-refractivity contribution is 5.90. The molecular formula is C11H18N4O2. The highest BCUT2D eigenvalue weighted by Gasteiger charge is 2.25. The maximum Gasteiger partial charge on any atom is 0.293 e. The van der Waals surface area contributed by atoms with Gasteiger partial charge in [0.25, 0.3) is 5.91 Å². The Bertz CT molecular complexity index is 402. The number of nitrogens with zero attached hydrogens (tertiary/aromatic N) is 3. The van der Waals surface area contributed by atoms with E-state index < -0.39 is 6.10 Å². The molecule has 0 aliphatic carbocycles. The van der Waals surface area contributed by atoms with E-state index in [2.05, 4.69) is 15.2 Å². The molecule has 0 spiro atoms. The molecule has 0 aromatic carbocycles. The average Bonchev–Trinajstić information content (AvgIpc) is 2.77. The number of nitrogens with one attached hydrogen (secondary N) is 1. The van der Waals surface area contributed by atoms with Gasteiger partial charge in [0, 0.05) is 19.0 Å². The fourth-order valence-corrected chi connectivity index (χ4v) is 1.91. The molecule has 1 aliphatic rings. The van der Waals surface area contributed by atoms with E-state index in [1.165, 1.54) is 0 Å². The van der Waals surface area contributed by atoms with Gasteiger partial charge in [-0.05, 0) is 12.8 Å². The third kappa shape index (κ3) is 2.63. The maximum atomic E-state index is 12.1. The Balaban J connectivity index is 2.07. The van der Waals surface area contributed by atoms with Crippen LogP contribution in [0.2, 0.25) is 0 Å². The molecular weight excluding hydrogens is 220 g/mol. The van der Waals surface area contributed by atoms with Crippen molar-refractivity contribution < 1.29 is 9.90 Å². The first kappa shape index (κ1) is 12.0. The SMILES string of the molecule is CC(C)c1nc(C(=O)N2CCC[C@H](O)C2)n[nH]1. The molecule has 1 atom stereocenters. The van der Waals surface area contributed by atoms with Crippen LogP contribution in [0.5, 0.6) is 0 Å². The molecule has 1 amide bonds. The predicted molar refractivity (Wildman–Crippen MR) is 61.6 cm³/mol. The maximum absolute atomic E-state index is 12.1. The zero-order valence-electron chi connectivity index (χ0n) is 10.2. The van der Waals surface area contributed by atoms with E-state index in [1.807, 2.05) is 13.8 Å². The zero-order chi connectivity index (χ0) is 12.4. The minimum atomic E-state index is -0.420. The number of rotatable bonds is 2. The van der Waals surface area contributed by atoms with E-state index in [0.717, 1.165) is 12.8 Å². The highest BCUT2D eigenvalue weighted by atomic mass is 16.3. The van der Waals surface area contributed by atoms with E-state index in [9.17, 15) is 9.90 Å². The lowest BCUT2D eigenvalue weighted by molar-refractivity contribution is 0.0464. The fourth-order valence-electron chi connectivity index (χ4n) is 1.91. The molecule has 1 fully saturated rings. The Labute approximate surface area is 100 Å². The Morgan fingerprint density at radius 3 is 2.94 bits per heavy atom. The standard InChI is InChI=1S/C11H18N4O2/c1-7(2)9-12-10(14-13-9)11(17)15-5-3-4-8(16)6-15/h7-8,16H,3-6H2,1-2H3,(H,12,13,14)/t8-/m0/s1. The summed E-state index contributed by atoms with van der Waals surface area (Å²) in [5.74, 6) is 0.927. The van der Waals surface area contributed by atoms with Gasteiger partial charge < -0.3 is 10.0 Å². The van der Waals surface area contributed by atoms with Gasteiger partial charge in [0.05, 0.1) is 6.10 Å². The molecule has 0 radical (unpaired) electrons. The number of piperidine rings is 1. The Hall–Kier alpha value is -1.43. The number of carbonyl (C=O) groups excluding carboxylic acids is 1. The first-order valence-electron chi connectivity index (χ1n) is 5.97. The molecule has 0 saturated carbocycles. The van der Waals surface area contributed by atoms with Gasteiger partial charge in [-0.3, -0.25) is 9.89 Å². The molecule has 0 unspecified atom stereocenters. The topological polar surface area (TPSA) is 82.1 Å². The van der Waals surface area contributed by atoms with E-state index in [-0.39, 0.29) is 17.6 Å². The summed E-state index contributed by atoms with van der Waals surface area (Å²) in [6.07, 6.45) is 1.17. The minimum absolute atomic E-state index is 0.197. The van der Waals surface area contributed by atoms with Crippen molar-refractivity contribution in [2.45, 2.75) is 38.7 Å². The second-order valence-electron chi connectivity index (χ2n) is 4.75. The molecule has 1 aliphatic heterocycles. The van der Waals surface area contributed by atoms with Crippen molar-refractivity contribution in [3.8, 4) is 0 Å². The van der Waals surface area contributed by atoms with Gasteiger partial charge in [-0.15, -0.1) is 5.10 Å². The summed E-state index contributed by atoms with van der Waals surface area (Å²) in [5, 5.41) is 16.2. The van der Waals surface area contributed by atoms with Crippen LogP contribution >= 0.6 is 0 Å².